The number of rotatable bonds is 12. The summed E-state index contributed by atoms with van der Waals surface area (Å²) in [7, 11) is 0. The van der Waals surface area contributed by atoms with Crippen LogP contribution < -0.4 is 10.6 Å². The lowest BCUT2D eigenvalue weighted by atomic mass is 9.96. The Hall–Kier alpha value is -3.10. The molecule has 0 bridgehead atoms. The summed E-state index contributed by atoms with van der Waals surface area (Å²) in [6.45, 7) is 16.7. The van der Waals surface area contributed by atoms with Crippen LogP contribution in [0.1, 0.15) is 85.4 Å². The zero-order valence-corrected chi connectivity index (χ0v) is 23.8. The van der Waals surface area contributed by atoms with Crippen LogP contribution in [0.3, 0.4) is 0 Å². The van der Waals surface area contributed by atoms with Crippen molar-refractivity contribution in [1.82, 2.24) is 15.5 Å². The molecule has 0 aliphatic rings. The zero-order valence-electron chi connectivity index (χ0n) is 23.8. The summed E-state index contributed by atoms with van der Waals surface area (Å²) in [5.74, 6) is -1.48. The number of nitrogens with one attached hydrogen (secondary N) is 2. The molecule has 0 aromatic heterocycles. The van der Waals surface area contributed by atoms with Crippen molar-refractivity contribution in [1.29, 1.82) is 0 Å². The molecular formula is C28H45N3O6. The fourth-order valence-corrected chi connectivity index (χ4v) is 3.80. The third-order valence-electron chi connectivity index (χ3n) is 5.74. The molecule has 1 aromatic rings. The van der Waals surface area contributed by atoms with Crippen LogP contribution >= 0.6 is 0 Å². The summed E-state index contributed by atoms with van der Waals surface area (Å²) < 4.78 is 10.3. The van der Waals surface area contributed by atoms with E-state index in [2.05, 4.69) is 10.6 Å². The van der Waals surface area contributed by atoms with Crippen LogP contribution in [-0.4, -0.2) is 59.6 Å². The minimum atomic E-state index is -0.966. The maximum Gasteiger partial charge on any atom is 0.408 e. The first kappa shape index (κ1) is 31.9. The Morgan fingerprint density at radius 1 is 1.05 bits per heavy atom. The average molecular weight is 520 g/mol. The minimum Gasteiger partial charge on any atom is -0.466 e. The number of benzene rings is 1. The van der Waals surface area contributed by atoms with Crippen LogP contribution in [0.5, 0.6) is 0 Å². The van der Waals surface area contributed by atoms with Crippen LogP contribution in [0.15, 0.2) is 24.3 Å². The van der Waals surface area contributed by atoms with E-state index >= 15 is 0 Å². The number of hydrogen-bond acceptors (Lipinski definition) is 6. The van der Waals surface area contributed by atoms with Gasteiger partial charge in [-0.25, -0.2) is 4.79 Å². The zero-order chi connectivity index (χ0) is 28.3. The predicted molar refractivity (Wildman–Crippen MR) is 143 cm³/mol. The largest absolute Gasteiger partial charge is 0.466 e. The summed E-state index contributed by atoms with van der Waals surface area (Å²) >= 11 is 0. The Labute approximate surface area is 221 Å². The van der Waals surface area contributed by atoms with Gasteiger partial charge in [-0.05, 0) is 59.4 Å². The van der Waals surface area contributed by atoms with E-state index in [-0.39, 0.29) is 37.4 Å². The number of carbonyl (C=O) groups excluding carboxylic acids is 4. The van der Waals surface area contributed by atoms with E-state index in [1.807, 2.05) is 52.8 Å². The van der Waals surface area contributed by atoms with Gasteiger partial charge in [-0.2, -0.15) is 0 Å². The Balaban J connectivity index is 3.41. The van der Waals surface area contributed by atoms with Crippen LogP contribution in [0, 0.1) is 12.8 Å². The molecular weight excluding hydrogens is 474 g/mol. The number of aryl methyl sites for hydroxylation is 1. The summed E-state index contributed by atoms with van der Waals surface area (Å²) in [5.41, 5.74) is 0.848. The molecule has 3 unspecified atom stereocenters. The highest BCUT2D eigenvalue weighted by molar-refractivity contribution is 5.92. The Morgan fingerprint density at radius 3 is 2.22 bits per heavy atom. The van der Waals surface area contributed by atoms with E-state index in [1.165, 1.54) is 4.90 Å². The molecule has 0 heterocycles. The summed E-state index contributed by atoms with van der Waals surface area (Å²) in [4.78, 5) is 53.6. The lowest BCUT2D eigenvalue weighted by molar-refractivity contribution is -0.146. The number of esters is 1. The van der Waals surface area contributed by atoms with Gasteiger partial charge in [0.1, 0.15) is 17.7 Å². The number of carbonyl (C=O) groups is 4. The van der Waals surface area contributed by atoms with Gasteiger partial charge in [0.25, 0.3) is 0 Å². The van der Waals surface area contributed by atoms with Gasteiger partial charge >= 0.3 is 12.1 Å². The molecule has 0 aliphatic heterocycles. The highest BCUT2D eigenvalue weighted by atomic mass is 16.6. The first-order valence-corrected chi connectivity index (χ1v) is 13.0. The van der Waals surface area contributed by atoms with Crippen molar-refractivity contribution < 1.29 is 28.7 Å². The third-order valence-corrected chi connectivity index (χ3v) is 5.74. The highest BCUT2D eigenvalue weighted by Crippen LogP contribution is 2.28. The van der Waals surface area contributed by atoms with Gasteiger partial charge in [0.2, 0.25) is 11.8 Å². The Morgan fingerprint density at radius 2 is 1.70 bits per heavy atom. The topological polar surface area (TPSA) is 114 Å². The van der Waals surface area contributed by atoms with Crippen molar-refractivity contribution in [2.24, 2.45) is 5.92 Å². The fraction of sp³-hybridized carbons (Fsp3) is 0.643. The normalized spacial score (nSPS) is 13.8. The Bertz CT molecular complexity index is 925. The van der Waals surface area contributed by atoms with Gasteiger partial charge in [-0.1, -0.05) is 50.6 Å². The molecule has 2 N–H and O–H groups in total. The second kappa shape index (κ2) is 14.6. The van der Waals surface area contributed by atoms with Crippen LogP contribution in [0.2, 0.25) is 0 Å². The van der Waals surface area contributed by atoms with E-state index < -0.39 is 35.7 Å². The maximum atomic E-state index is 14.1. The van der Waals surface area contributed by atoms with E-state index in [9.17, 15) is 19.2 Å². The number of amides is 3. The summed E-state index contributed by atoms with van der Waals surface area (Å²) in [6, 6.07) is 5.21. The van der Waals surface area contributed by atoms with Gasteiger partial charge in [0.15, 0.2) is 0 Å². The first-order valence-electron chi connectivity index (χ1n) is 13.0. The minimum absolute atomic E-state index is 0.0201. The smallest absolute Gasteiger partial charge is 0.408 e. The van der Waals surface area contributed by atoms with E-state index in [4.69, 9.17) is 9.47 Å². The fourth-order valence-electron chi connectivity index (χ4n) is 3.80. The molecule has 0 aliphatic carbocycles. The number of nitrogens with zero attached hydrogens (tertiary/aromatic N) is 1. The van der Waals surface area contributed by atoms with Gasteiger partial charge in [0.05, 0.1) is 13.0 Å². The molecule has 0 saturated carbocycles. The van der Waals surface area contributed by atoms with Gasteiger partial charge in [0, 0.05) is 12.6 Å². The summed E-state index contributed by atoms with van der Waals surface area (Å²) in [6.07, 6.45) is -0.0946. The molecule has 0 fully saturated rings. The lowest BCUT2D eigenvalue weighted by Gasteiger charge is -2.39. The number of alkyl carbamates (subject to hydrolysis) is 1. The highest BCUT2D eigenvalue weighted by Gasteiger charge is 2.39. The van der Waals surface area contributed by atoms with Gasteiger partial charge < -0.3 is 25.0 Å². The first-order chi connectivity index (χ1) is 17.2. The standard InChI is InChI=1S/C28H45N3O6/c1-10-20(6)31(26(34)23(18(3)4)30-27(35)37-28(7,8)9)24(21-14-12-13-19(5)17-21)25(33)29-16-15-22(32)36-11-2/h12-14,17-18,20,23-24H,10-11,15-16H2,1-9H3,(H,29,33)(H,30,35). The van der Waals surface area contributed by atoms with Crippen molar-refractivity contribution in [3.8, 4) is 0 Å². The molecule has 0 spiro atoms. The molecule has 1 rings (SSSR count). The van der Waals surface area contributed by atoms with E-state index in [1.54, 1.807) is 33.8 Å². The average Bonchev–Trinajstić information content (AvgIpc) is 2.78. The molecule has 0 saturated heterocycles. The number of hydrogen-bond donors (Lipinski definition) is 2. The Kier molecular flexibility index (Phi) is 12.6. The monoisotopic (exact) mass is 519 g/mol. The second-order valence-corrected chi connectivity index (χ2v) is 10.5. The van der Waals surface area contributed by atoms with Crippen molar-refractivity contribution in [2.45, 2.75) is 98.9 Å². The van der Waals surface area contributed by atoms with Gasteiger partial charge in [-0.15, -0.1) is 0 Å². The van der Waals surface area contributed by atoms with Crippen LogP contribution in [-0.2, 0) is 23.9 Å². The van der Waals surface area contributed by atoms with Crippen molar-refractivity contribution in [2.75, 3.05) is 13.2 Å². The van der Waals surface area contributed by atoms with Crippen LogP contribution in [0.4, 0.5) is 4.79 Å². The SMILES string of the molecule is CCOC(=O)CCNC(=O)C(c1cccc(C)c1)N(C(=O)C(NC(=O)OC(C)(C)C)C(C)C)C(C)CC. The molecule has 3 amide bonds. The quantitative estimate of drug-likeness (QED) is 0.399. The van der Waals surface area contributed by atoms with Crippen molar-refractivity contribution in [3.05, 3.63) is 35.4 Å². The summed E-state index contributed by atoms with van der Waals surface area (Å²) in [5, 5.41) is 5.51. The molecule has 37 heavy (non-hydrogen) atoms. The lowest BCUT2D eigenvalue weighted by Crippen LogP contribution is -2.57. The molecule has 3 atom stereocenters. The van der Waals surface area contributed by atoms with Crippen molar-refractivity contribution >= 4 is 23.9 Å². The third kappa shape index (κ3) is 10.4. The second-order valence-electron chi connectivity index (χ2n) is 10.5. The number of ether oxygens (including phenoxy) is 2. The molecule has 208 valence electrons. The van der Waals surface area contributed by atoms with E-state index in [0.29, 0.717) is 12.0 Å². The maximum absolute atomic E-state index is 14.1. The molecule has 0 radical (unpaired) electrons. The van der Waals surface area contributed by atoms with Crippen LogP contribution in [0.25, 0.3) is 0 Å². The van der Waals surface area contributed by atoms with Crippen molar-refractivity contribution in [3.63, 3.8) is 0 Å². The predicted octanol–water partition coefficient (Wildman–Crippen LogP) is 4.28. The van der Waals surface area contributed by atoms with Gasteiger partial charge in [-0.3, -0.25) is 14.4 Å². The van der Waals surface area contributed by atoms with E-state index in [0.717, 1.165) is 5.56 Å². The molecule has 1 aromatic carbocycles. The molecule has 9 heteroatoms. The molecule has 9 nitrogen and oxygen atoms in total.